The van der Waals surface area contributed by atoms with E-state index < -0.39 is 24.0 Å². The molecule has 4 N–H and O–H groups in total. The third-order valence-corrected chi connectivity index (χ3v) is 4.79. The fourth-order valence-electron chi connectivity index (χ4n) is 3.13. The molecule has 0 fully saturated rings. The zero-order valence-corrected chi connectivity index (χ0v) is 17.3. The number of hydrogen-bond donors (Lipinski definition) is 4. The second-order valence-electron chi connectivity index (χ2n) is 7.11. The average Bonchev–Trinajstić information content (AvgIpc) is 3.27. The van der Waals surface area contributed by atoms with Gasteiger partial charge in [0, 0.05) is 37.9 Å². The lowest BCUT2D eigenvalue weighted by atomic mass is 10.1. The standard InChI is InChI=1S/C21H24N6O5/c1-2-10-32-21(31)26-17(20(29)30)12-23-19(28)15-11-24-27(13-15)9-7-16-6-5-14-4-3-8-22-18(14)25-16/h1,5-6,11,13,17H,3-4,7-10,12H2,(H,22,25)(H,23,28)(H,26,31)(H,29,30)/t17-/m0/s1. The van der Waals surface area contributed by atoms with Gasteiger partial charge in [-0.2, -0.15) is 5.10 Å². The fourth-order valence-corrected chi connectivity index (χ4v) is 3.13. The number of pyridine rings is 1. The van der Waals surface area contributed by atoms with Gasteiger partial charge in [-0.3, -0.25) is 9.48 Å². The highest BCUT2D eigenvalue weighted by atomic mass is 16.5. The van der Waals surface area contributed by atoms with Crippen LogP contribution in [-0.4, -0.2) is 63.6 Å². The van der Waals surface area contributed by atoms with Crippen molar-refractivity contribution in [3.05, 3.63) is 41.3 Å². The molecule has 0 spiro atoms. The lowest BCUT2D eigenvalue weighted by Gasteiger charge is -2.17. The Morgan fingerprint density at radius 1 is 1.38 bits per heavy atom. The molecule has 3 rings (SSSR count). The molecule has 0 radical (unpaired) electrons. The highest BCUT2D eigenvalue weighted by Crippen LogP contribution is 2.19. The number of aromatic nitrogens is 3. The number of nitrogens with one attached hydrogen (secondary N) is 3. The zero-order valence-electron chi connectivity index (χ0n) is 17.3. The van der Waals surface area contributed by atoms with Crippen LogP contribution < -0.4 is 16.0 Å². The summed E-state index contributed by atoms with van der Waals surface area (Å²) >= 11 is 0. The summed E-state index contributed by atoms with van der Waals surface area (Å²) in [7, 11) is 0. The van der Waals surface area contributed by atoms with Crippen molar-refractivity contribution >= 4 is 23.8 Å². The largest absolute Gasteiger partial charge is 0.480 e. The molecule has 168 valence electrons. The monoisotopic (exact) mass is 440 g/mol. The van der Waals surface area contributed by atoms with Gasteiger partial charge in [-0.15, -0.1) is 6.42 Å². The smallest absolute Gasteiger partial charge is 0.408 e. The summed E-state index contributed by atoms with van der Waals surface area (Å²) in [4.78, 5) is 39.7. The molecular formula is C21H24N6O5. The van der Waals surface area contributed by atoms with E-state index in [1.807, 2.05) is 6.07 Å². The van der Waals surface area contributed by atoms with Crippen LogP contribution in [-0.2, 0) is 28.9 Å². The average molecular weight is 440 g/mol. The molecule has 2 aromatic rings. The summed E-state index contributed by atoms with van der Waals surface area (Å²) in [6.07, 6.45) is 9.71. The number of aryl methyl sites for hydroxylation is 3. The normalized spacial score (nSPS) is 13.1. The molecule has 1 aliphatic heterocycles. The van der Waals surface area contributed by atoms with Crippen molar-refractivity contribution in [1.82, 2.24) is 25.4 Å². The Morgan fingerprint density at radius 2 is 2.22 bits per heavy atom. The molecule has 32 heavy (non-hydrogen) atoms. The third kappa shape index (κ3) is 6.21. The molecule has 0 unspecified atom stereocenters. The van der Waals surface area contributed by atoms with E-state index >= 15 is 0 Å². The number of anilines is 1. The van der Waals surface area contributed by atoms with Crippen molar-refractivity contribution < 1.29 is 24.2 Å². The summed E-state index contributed by atoms with van der Waals surface area (Å²) in [5.74, 6) is 1.18. The first-order valence-corrected chi connectivity index (χ1v) is 10.1. The minimum Gasteiger partial charge on any atom is -0.480 e. The Labute approximate surface area is 184 Å². The molecule has 0 saturated heterocycles. The first-order valence-electron chi connectivity index (χ1n) is 10.1. The first-order chi connectivity index (χ1) is 15.5. The van der Waals surface area contributed by atoms with Crippen LogP contribution in [0.3, 0.4) is 0 Å². The van der Waals surface area contributed by atoms with E-state index in [0.717, 1.165) is 30.9 Å². The number of aliphatic carboxylic acids is 1. The summed E-state index contributed by atoms with van der Waals surface area (Å²) in [5, 5.41) is 21.3. The summed E-state index contributed by atoms with van der Waals surface area (Å²) in [6.45, 7) is 0.822. The maximum absolute atomic E-state index is 12.3. The van der Waals surface area contributed by atoms with Crippen molar-refractivity contribution in [2.45, 2.75) is 31.8 Å². The molecule has 0 saturated carbocycles. The third-order valence-electron chi connectivity index (χ3n) is 4.79. The van der Waals surface area contributed by atoms with Crippen LogP contribution in [0.2, 0.25) is 0 Å². The maximum Gasteiger partial charge on any atom is 0.408 e. The van der Waals surface area contributed by atoms with Crippen molar-refractivity contribution in [2.24, 2.45) is 0 Å². The highest BCUT2D eigenvalue weighted by molar-refractivity contribution is 5.94. The van der Waals surface area contributed by atoms with Gasteiger partial charge in [0.05, 0.1) is 11.8 Å². The number of carbonyl (C=O) groups excluding carboxylic acids is 2. The predicted molar refractivity (Wildman–Crippen MR) is 114 cm³/mol. The molecule has 0 aliphatic carbocycles. The molecular weight excluding hydrogens is 416 g/mol. The van der Waals surface area contributed by atoms with Crippen molar-refractivity contribution in [3.8, 4) is 12.3 Å². The molecule has 11 heteroatoms. The van der Waals surface area contributed by atoms with Gasteiger partial charge in [-0.05, 0) is 24.5 Å². The number of hydrogen-bond acceptors (Lipinski definition) is 7. The number of carboxylic acids is 1. The number of amides is 2. The lowest BCUT2D eigenvalue weighted by Crippen LogP contribution is -2.48. The van der Waals surface area contributed by atoms with Gasteiger partial charge < -0.3 is 25.8 Å². The summed E-state index contributed by atoms with van der Waals surface area (Å²) in [6, 6.07) is 2.71. The molecule has 11 nitrogen and oxygen atoms in total. The van der Waals surface area contributed by atoms with Crippen LogP contribution in [0.5, 0.6) is 0 Å². The second-order valence-corrected chi connectivity index (χ2v) is 7.11. The number of carbonyl (C=O) groups is 3. The first kappa shape index (κ1) is 22.6. The molecule has 1 atom stereocenters. The zero-order chi connectivity index (χ0) is 22.9. The quantitative estimate of drug-likeness (QED) is 0.410. The van der Waals surface area contributed by atoms with Gasteiger partial charge in [-0.25, -0.2) is 14.6 Å². The van der Waals surface area contributed by atoms with Gasteiger partial charge in [0.1, 0.15) is 11.9 Å². The molecule has 2 amide bonds. The number of nitrogens with zero attached hydrogens (tertiary/aromatic N) is 3. The number of alkyl carbamates (subject to hydrolysis) is 1. The summed E-state index contributed by atoms with van der Waals surface area (Å²) in [5.41, 5.74) is 2.41. The topological polar surface area (TPSA) is 147 Å². The Morgan fingerprint density at radius 3 is 3.00 bits per heavy atom. The van der Waals surface area contributed by atoms with Crippen LogP contribution in [0.1, 0.15) is 28.0 Å². The Balaban J connectivity index is 1.50. The van der Waals surface area contributed by atoms with Crippen LogP contribution in [0.4, 0.5) is 10.6 Å². The predicted octanol–water partition coefficient (Wildman–Crippen LogP) is 0.421. The molecule has 0 aromatic carbocycles. The lowest BCUT2D eigenvalue weighted by molar-refractivity contribution is -0.139. The van der Waals surface area contributed by atoms with Crippen LogP contribution in [0.25, 0.3) is 0 Å². The molecule has 0 bridgehead atoms. The number of carboxylic acid groups (broad SMARTS) is 1. The van der Waals surface area contributed by atoms with E-state index in [-0.39, 0.29) is 18.7 Å². The number of fused-ring (bicyclic) bond motifs is 1. The summed E-state index contributed by atoms with van der Waals surface area (Å²) < 4.78 is 6.19. The van der Waals surface area contributed by atoms with Gasteiger partial charge in [0.25, 0.3) is 5.91 Å². The number of rotatable bonds is 9. The van der Waals surface area contributed by atoms with Crippen molar-refractivity contribution in [3.63, 3.8) is 0 Å². The van der Waals surface area contributed by atoms with E-state index in [1.165, 1.54) is 11.8 Å². The van der Waals surface area contributed by atoms with E-state index in [9.17, 15) is 19.5 Å². The Bertz CT molecular complexity index is 1030. The minimum atomic E-state index is -1.37. The molecule has 2 aromatic heterocycles. The molecule has 3 heterocycles. The number of ether oxygens (including phenoxy) is 1. The Kier molecular flexibility index (Phi) is 7.64. The van der Waals surface area contributed by atoms with Gasteiger partial charge >= 0.3 is 12.1 Å². The van der Waals surface area contributed by atoms with E-state index in [4.69, 9.17) is 6.42 Å². The maximum atomic E-state index is 12.3. The molecule has 1 aliphatic rings. The second kappa shape index (κ2) is 10.8. The van der Waals surface area contributed by atoms with Crippen LogP contribution in [0, 0.1) is 12.3 Å². The number of terminal acetylenes is 1. The van der Waals surface area contributed by atoms with Gasteiger partial charge in [0.15, 0.2) is 6.61 Å². The van der Waals surface area contributed by atoms with Crippen LogP contribution in [0.15, 0.2) is 24.5 Å². The highest BCUT2D eigenvalue weighted by Gasteiger charge is 2.22. The van der Waals surface area contributed by atoms with Crippen molar-refractivity contribution in [2.75, 3.05) is 25.0 Å². The van der Waals surface area contributed by atoms with E-state index in [1.54, 1.807) is 10.9 Å². The van der Waals surface area contributed by atoms with Crippen molar-refractivity contribution in [1.29, 1.82) is 0 Å². The van der Waals surface area contributed by atoms with Crippen LogP contribution >= 0.6 is 0 Å². The minimum absolute atomic E-state index is 0.268. The van der Waals surface area contributed by atoms with E-state index in [2.05, 4.69) is 42.8 Å². The van der Waals surface area contributed by atoms with Gasteiger partial charge in [-0.1, -0.05) is 12.0 Å². The fraction of sp³-hybridized carbons (Fsp3) is 0.381. The van der Waals surface area contributed by atoms with Gasteiger partial charge in [0.2, 0.25) is 0 Å². The SMILES string of the molecule is C#CCOC(=O)N[C@@H](CNC(=O)c1cnn(CCc2ccc3c(n2)NCCC3)c1)C(=O)O. The Hall–Kier alpha value is -4.07. The van der Waals surface area contributed by atoms with E-state index in [0.29, 0.717) is 13.0 Å².